The Balaban J connectivity index is 2.49. The second-order valence-electron chi connectivity index (χ2n) is 3.05. The van der Waals surface area contributed by atoms with Crippen LogP contribution in [0.2, 0.25) is 5.02 Å². The first kappa shape index (κ1) is 9.92. The van der Waals surface area contributed by atoms with Gasteiger partial charge in [0.25, 0.3) is 0 Å². The number of nitrogens with two attached hydrogens (primary N) is 1. The van der Waals surface area contributed by atoms with Crippen LogP contribution in [-0.2, 0) is 7.05 Å². The Hall–Kier alpha value is -1.62. The molecule has 0 saturated heterocycles. The van der Waals surface area contributed by atoms with Crippen molar-refractivity contribution in [2.24, 2.45) is 7.05 Å². The highest BCUT2D eigenvalue weighted by Crippen LogP contribution is 2.22. The van der Waals surface area contributed by atoms with Crippen molar-refractivity contribution in [1.29, 1.82) is 0 Å². The second-order valence-corrected chi connectivity index (χ2v) is 3.45. The van der Waals surface area contributed by atoms with Crippen molar-refractivity contribution in [3.05, 3.63) is 29.0 Å². The number of nitrogen functional groups attached to an aromatic ring is 1. The Bertz CT molecular complexity index is 489. The lowest BCUT2D eigenvalue weighted by atomic mass is 10.2. The average Bonchev–Trinajstić information content (AvgIpc) is 2.52. The number of rotatable bonds is 1. The lowest BCUT2D eigenvalue weighted by Gasteiger charge is -1.96. The van der Waals surface area contributed by atoms with Crippen molar-refractivity contribution in [2.75, 3.05) is 5.73 Å². The SMILES string of the molecule is Cn1nc(-c2ccc(F)c(Cl)c2)nc1N. The number of halogens is 2. The fourth-order valence-electron chi connectivity index (χ4n) is 1.15. The highest BCUT2D eigenvalue weighted by Gasteiger charge is 2.08. The van der Waals surface area contributed by atoms with E-state index in [9.17, 15) is 4.39 Å². The summed E-state index contributed by atoms with van der Waals surface area (Å²) in [5.74, 6) is 0.256. The van der Waals surface area contributed by atoms with Gasteiger partial charge in [-0.1, -0.05) is 11.6 Å². The predicted molar refractivity (Wildman–Crippen MR) is 55.8 cm³/mol. The first-order valence-corrected chi connectivity index (χ1v) is 4.57. The lowest BCUT2D eigenvalue weighted by Crippen LogP contribution is -1.97. The number of nitrogens with zero attached hydrogens (tertiary/aromatic N) is 3. The zero-order chi connectivity index (χ0) is 11.0. The van der Waals surface area contributed by atoms with Crippen LogP contribution in [0.25, 0.3) is 11.4 Å². The van der Waals surface area contributed by atoms with E-state index in [0.717, 1.165) is 0 Å². The first-order chi connectivity index (χ1) is 7.08. The van der Waals surface area contributed by atoms with Crippen LogP contribution in [0, 0.1) is 5.82 Å². The number of aromatic nitrogens is 3. The second kappa shape index (κ2) is 3.51. The molecule has 0 saturated carbocycles. The van der Waals surface area contributed by atoms with Gasteiger partial charge in [0.2, 0.25) is 5.95 Å². The van der Waals surface area contributed by atoms with E-state index in [-0.39, 0.29) is 5.02 Å². The van der Waals surface area contributed by atoms with Crippen molar-refractivity contribution in [3.8, 4) is 11.4 Å². The van der Waals surface area contributed by atoms with Crippen molar-refractivity contribution in [2.45, 2.75) is 0 Å². The van der Waals surface area contributed by atoms with Crippen LogP contribution in [0.5, 0.6) is 0 Å². The van der Waals surface area contributed by atoms with Gasteiger partial charge >= 0.3 is 0 Å². The Morgan fingerprint density at radius 2 is 2.20 bits per heavy atom. The van der Waals surface area contributed by atoms with Crippen LogP contribution in [0.15, 0.2) is 18.2 Å². The summed E-state index contributed by atoms with van der Waals surface area (Å²) < 4.78 is 14.3. The molecule has 78 valence electrons. The number of anilines is 1. The summed E-state index contributed by atoms with van der Waals surface area (Å²) in [6.45, 7) is 0. The van der Waals surface area contributed by atoms with Crippen molar-refractivity contribution >= 4 is 17.5 Å². The Morgan fingerprint density at radius 1 is 1.47 bits per heavy atom. The molecule has 0 spiro atoms. The van der Waals surface area contributed by atoms with Crippen molar-refractivity contribution < 1.29 is 4.39 Å². The molecule has 0 unspecified atom stereocenters. The topological polar surface area (TPSA) is 56.7 Å². The van der Waals surface area contributed by atoms with Gasteiger partial charge in [0.1, 0.15) is 5.82 Å². The minimum Gasteiger partial charge on any atom is -0.368 e. The molecule has 0 atom stereocenters. The quantitative estimate of drug-likeness (QED) is 0.808. The van der Waals surface area contributed by atoms with Crippen LogP contribution < -0.4 is 5.73 Å². The van der Waals surface area contributed by atoms with Gasteiger partial charge in [-0.3, -0.25) is 0 Å². The summed E-state index contributed by atoms with van der Waals surface area (Å²) in [6, 6.07) is 4.28. The fourth-order valence-corrected chi connectivity index (χ4v) is 1.33. The molecule has 1 heterocycles. The number of hydrogen-bond donors (Lipinski definition) is 1. The summed E-state index contributed by atoms with van der Waals surface area (Å²) in [7, 11) is 1.68. The number of aryl methyl sites for hydroxylation is 1. The molecule has 0 amide bonds. The molecule has 2 aromatic rings. The van der Waals surface area contributed by atoms with Crippen LogP contribution in [-0.4, -0.2) is 14.8 Å². The highest BCUT2D eigenvalue weighted by atomic mass is 35.5. The summed E-state index contributed by atoms with van der Waals surface area (Å²) in [5, 5.41) is 4.09. The van der Waals surface area contributed by atoms with E-state index < -0.39 is 5.82 Å². The van der Waals surface area contributed by atoms with Gasteiger partial charge in [-0.15, -0.1) is 5.10 Å². The minimum absolute atomic E-state index is 0.0403. The molecule has 0 aliphatic rings. The van der Waals surface area contributed by atoms with E-state index in [1.807, 2.05) is 0 Å². The third-order valence-electron chi connectivity index (χ3n) is 1.97. The van der Waals surface area contributed by atoms with Crippen LogP contribution >= 0.6 is 11.6 Å². The molecule has 4 nitrogen and oxygen atoms in total. The lowest BCUT2D eigenvalue weighted by molar-refractivity contribution is 0.628. The summed E-state index contributed by atoms with van der Waals surface area (Å²) in [6.07, 6.45) is 0. The number of benzene rings is 1. The van der Waals surface area contributed by atoms with Gasteiger partial charge in [0.15, 0.2) is 5.82 Å². The van der Waals surface area contributed by atoms with Crippen molar-refractivity contribution in [1.82, 2.24) is 14.8 Å². The van der Waals surface area contributed by atoms with Gasteiger partial charge in [-0.2, -0.15) is 4.98 Å². The average molecular weight is 227 g/mol. The molecule has 0 aliphatic carbocycles. The molecule has 15 heavy (non-hydrogen) atoms. The van der Waals surface area contributed by atoms with E-state index in [1.165, 1.54) is 16.8 Å². The van der Waals surface area contributed by atoms with Gasteiger partial charge in [-0.05, 0) is 18.2 Å². The minimum atomic E-state index is -0.468. The highest BCUT2D eigenvalue weighted by molar-refractivity contribution is 6.31. The van der Waals surface area contributed by atoms with E-state index in [0.29, 0.717) is 17.3 Å². The van der Waals surface area contributed by atoms with Crippen LogP contribution in [0.4, 0.5) is 10.3 Å². The third kappa shape index (κ3) is 1.78. The van der Waals surface area contributed by atoms with E-state index >= 15 is 0 Å². The largest absolute Gasteiger partial charge is 0.368 e. The zero-order valence-corrected chi connectivity index (χ0v) is 8.66. The molecule has 2 rings (SSSR count). The Morgan fingerprint density at radius 3 is 2.73 bits per heavy atom. The standard InChI is InChI=1S/C9H8ClFN4/c1-15-9(12)13-8(14-15)5-2-3-7(11)6(10)4-5/h2-4H,1H3,(H2,12,13,14). The molecule has 0 radical (unpaired) electrons. The summed E-state index contributed by atoms with van der Waals surface area (Å²) in [5.41, 5.74) is 6.16. The van der Waals surface area contributed by atoms with E-state index in [4.69, 9.17) is 17.3 Å². The third-order valence-corrected chi connectivity index (χ3v) is 2.26. The maximum Gasteiger partial charge on any atom is 0.218 e. The van der Waals surface area contributed by atoms with Gasteiger partial charge in [-0.25, -0.2) is 9.07 Å². The Labute approximate surface area is 90.5 Å². The first-order valence-electron chi connectivity index (χ1n) is 4.20. The monoisotopic (exact) mass is 226 g/mol. The molecule has 0 aliphatic heterocycles. The molecule has 0 bridgehead atoms. The molecular weight excluding hydrogens is 219 g/mol. The van der Waals surface area contributed by atoms with Crippen LogP contribution in [0.3, 0.4) is 0 Å². The smallest absolute Gasteiger partial charge is 0.218 e. The summed E-state index contributed by atoms with van der Waals surface area (Å²) in [4.78, 5) is 4.00. The molecule has 6 heteroatoms. The molecule has 2 N–H and O–H groups in total. The van der Waals surface area contributed by atoms with Gasteiger partial charge < -0.3 is 5.73 Å². The van der Waals surface area contributed by atoms with Gasteiger partial charge in [0.05, 0.1) is 5.02 Å². The van der Waals surface area contributed by atoms with Gasteiger partial charge in [0, 0.05) is 12.6 Å². The zero-order valence-electron chi connectivity index (χ0n) is 7.91. The molecular formula is C9H8ClFN4. The van der Waals surface area contributed by atoms with E-state index in [2.05, 4.69) is 10.1 Å². The number of hydrogen-bond acceptors (Lipinski definition) is 3. The maximum absolute atomic E-state index is 12.9. The molecule has 1 aromatic carbocycles. The molecule has 1 aromatic heterocycles. The Kier molecular flexibility index (Phi) is 2.32. The van der Waals surface area contributed by atoms with Crippen LogP contribution in [0.1, 0.15) is 0 Å². The van der Waals surface area contributed by atoms with E-state index in [1.54, 1.807) is 13.1 Å². The normalized spacial score (nSPS) is 10.6. The summed E-state index contributed by atoms with van der Waals surface area (Å²) >= 11 is 5.64. The predicted octanol–water partition coefficient (Wildman–Crippen LogP) is 1.86. The maximum atomic E-state index is 12.9. The molecule has 0 fully saturated rings. The fraction of sp³-hybridized carbons (Fsp3) is 0.111. The van der Waals surface area contributed by atoms with Crippen molar-refractivity contribution in [3.63, 3.8) is 0 Å².